The lowest BCUT2D eigenvalue weighted by atomic mass is 9.65. The molecule has 1 aromatic carbocycles. The van der Waals surface area contributed by atoms with Gasteiger partial charge in [-0.3, -0.25) is 14.4 Å². The third kappa shape index (κ3) is 4.82. The normalized spacial score (nSPS) is 28.9. The topological polar surface area (TPSA) is 96.4 Å². The lowest BCUT2D eigenvalue weighted by Crippen LogP contribution is -2.56. The van der Waals surface area contributed by atoms with E-state index in [4.69, 9.17) is 9.47 Å². The molecule has 5 atom stereocenters. The van der Waals surface area contributed by atoms with Crippen LogP contribution in [0.2, 0.25) is 0 Å². The van der Waals surface area contributed by atoms with Crippen molar-refractivity contribution >= 4 is 23.5 Å². The summed E-state index contributed by atoms with van der Waals surface area (Å²) in [7, 11) is 0. The number of fused-ring (bicyclic) bond motifs is 1. The Bertz CT molecular complexity index is 1130. The van der Waals surface area contributed by atoms with E-state index in [1.54, 1.807) is 22.0 Å². The van der Waals surface area contributed by atoms with E-state index in [2.05, 4.69) is 13.2 Å². The molecule has 212 valence electrons. The monoisotopic (exact) mass is 538 g/mol. The molecule has 2 unspecified atom stereocenters. The third-order valence-corrected chi connectivity index (χ3v) is 8.78. The molecule has 1 spiro atoms. The Morgan fingerprint density at radius 1 is 1.23 bits per heavy atom. The number of anilines is 1. The molecule has 3 saturated heterocycles. The van der Waals surface area contributed by atoms with E-state index in [-0.39, 0.29) is 31.6 Å². The Balaban J connectivity index is 1.79. The van der Waals surface area contributed by atoms with E-state index in [1.807, 2.05) is 39.0 Å². The second kappa shape index (κ2) is 11.6. The van der Waals surface area contributed by atoms with Gasteiger partial charge in [-0.05, 0) is 69.6 Å². The van der Waals surface area contributed by atoms with Gasteiger partial charge in [0.25, 0.3) is 5.91 Å². The number of unbranched alkanes of at least 4 members (excludes halogenated alkanes) is 1. The smallest absolute Gasteiger partial charge is 0.312 e. The first-order valence-corrected chi connectivity index (χ1v) is 14.1. The van der Waals surface area contributed by atoms with E-state index in [0.717, 1.165) is 16.8 Å². The molecule has 8 heteroatoms. The van der Waals surface area contributed by atoms with Crippen molar-refractivity contribution in [2.45, 2.75) is 76.5 Å². The van der Waals surface area contributed by atoms with Crippen LogP contribution < -0.4 is 4.90 Å². The Labute approximate surface area is 231 Å². The van der Waals surface area contributed by atoms with Crippen LogP contribution in [0.3, 0.4) is 0 Å². The van der Waals surface area contributed by atoms with E-state index >= 15 is 0 Å². The summed E-state index contributed by atoms with van der Waals surface area (Å²) < 4.78 is 12.4. The predicted octanol–water partition coefficient (Wildman–Crippen LogP) is 3.87. The molecule has 39 heavy (non-hydrogen) atoms. The molecule has 3 aliphatic rings. The number of hydrogen-bond acceptors (Lipinski definition) is 6. The van der Waals surface area contributed by atoms with Crippen molar-refractivity contribution in [3.8, 4) is 0 Å². The van der Waals surface area contributed by atoms with Crippen LogP contribution >= 0.6 is 0 Å². The fourth-order valence-electron chi connectivity index (χ4n) is 6.92. The van der Waals surface area contributed by atoms with Crippen molar-refractivity contribution in [3.63, 3.8) is 0 Å². The van der Waals surface area contributed by atoms with Crippen molar-refractivity contribution in [3.05, 3.63) is 54.6 Å². The lowest BCUT2D eigenvalue weighted by Gasteiger charge is -2.37. The van der Waals surface area contributed by atoms with Gasteiger partial charge in [0.15, 0.2) is 0 Å². The maximum Gasteiger partial charge on any atom is 0.312 e. The van der Waals surface area contributed by atoms with Crippen LogP contribution in [-0.2, 0) is 23.9 Å². The molecule has 3 heterocycles. The number of aryl methyl sites for hydroxylation is 2. The van der Waals surface area contributed by atoms with E-state index in [9.17, 15) is 19.5 Å². The maximum absolute atomic E-state index is 14.6. The molecular formula is C31H42N2O6. The van der Waals surface area contributed by atoms with Gasteiger partial charge in [0.2, 0.25) is 5.91 Å². The minimum absolute atomic E-state index is 0.00596. The summed E-state index contributed by atoms with van der Waals surface area (Å²) in [5.41, 5.74) is 0.750. The summed E-state index contributed by atoms with van der Waals surface area (Å²) in [6, 6.07) is 5.05. The number of rotatable bonds is 13. The zero-order valence-corrected chi connectivity index (χ0v) is 23.5. The molecule has 3 fully saturated rings. The number of benzene rings is 1. The van der Waals surface area contributed by atoms with E-state index in [0.29, 0.717) is 45.1 Å². The van der Waals surface area contributed by atoms with E-state index < -0.39 is 35.0 Å². The molecule has 2 bridgehead atoms. The third-order valence-electron chi connectivity index (χ3n) is 8.78. The zero-order valence-electron chi connectivity index (χ0n) is 23.5. The highest BCUT2D eigenvalue weighted by molar-refractivity contribution is 6.05. The molecule has 1 N–H and O–H groups in total. The molecule has 1 aromatic rings. The second-order valence-corrected chi connectivity index (χ2v) is 11.1. The van der Waals surface area contributed by atoms with Gasteiger partial charge in [0.1, 0.15) is 17.6 Å². The summed E-state index contributed by atoms with van der Waals surface area (Å²) in [6.45, 7) is 14.2. The predicted molar refractivity (Wildman–Crippen MR) is 149 cm³/mol. The molecule has 0 saturated carbocycles. The maximum atomic E-state index is 14.6. The van der Waals surface area contributed by atoms with Crippen LogP contribution in [0.4, 0.5) is 5.69 Å². The summed E-state index contributed by atoms with van der Waals surface area (Å²) in [5.74, 6) is -2.50. The largest absolute Gasteiger partial charge is 0.465 e. The van der Waals surface area contributed by atoms with Gasteiger partial charge in [-0.1, -0.05) is 31.2 Å². The number of esters is 1. The fraction of sp³-hybridized carbons (Fsp3) is 0.581. The molecular weight excluding hydrogens is 496 g/mol. The van der Waals surface area contributed by atoms with Crippen molar-refractivity contribution in [2.24, 2.45) is 11.8 Å². The SMILES string of the molecule is C=CCCOC(=O)[C@@H]1[C@H]2C(=O)N(CCCCO)C(C(=O)N(CC=C)c3cc(C)ccc3C)C23CC[C@@]1(CC)O3. The Hall–Kier alpha value is -2.97. The molecule has 8 nitrogen and oxygen atoms in total. The number of carbonyl (C=O) groups is 3. The molecule has 4 rings (SSSR count). The van der Waals surface area contributed by atoms with Crippen LogP contribution in [0.1, 0.15) is 56.6 Å². The highest BCUT2D eigenvalue weighted by atomic mass is 16.6. The number of carbonyl (C=O) groups excluding carboxylic acids is 3. The van der Waals surface area contributed by atoms with Crippen molar-refractivity contribution in [1.82, 2.24) is 4.90 Å². The Morgan fingerprint density at radius 2 is 2.00 bits per heavy atom. The molecule has 3 aliphatic heterocycles. The first kappa shape index (κ1) is 29.0. The molecule has 0 aliphatic carbocycles. The van der Waals surface area contributed by atoms with Crippen LogP contribution in [0.15, 0.2) is 43.5 Å². The zero-order chi connectivity index (χ0) is 28.4. The minimum atomic E-state index is -1.12. The lowest BCUT2D eigenvalue weighted by molar-refractivity contribution is -0.160. The van der Waals surface area contributed by atoms with Crippen LogP contribution in [-0.4, -0.2) is 71.3 Å². The van der Waals surface area contributed by atoms with Crippen LogP contribution in [0.5, 0.6) is 0 Å². The van der Waals surface area contributed by atoms with Gasteiger partial charge in [-0.15, -0.1) is 13.2 Å². The number of ether oxygens (including phenoxy) is 2. The molecule has 0 radical (unpaired) electrons. The number of aliphatic hydroxyl groups is 1. The number of nitrogens with zero attached hydrogens (tertiary/aromatic N) is 2. The average Bonchev–Trinajstić information content (AvgIpc) is 3.52. The van der Waals surface area contributed by atoms with Gasteiger partial charge >= 0.3 is 5.97 Å². The number of aliphatic hydroxyl groups excluding tert-OH is 1. The number of likely N-dealkylation sites (tertiary alicyclic amines) is 1. The second-order valence-electron chi connectivity index (χ2n) is 11.1. The summed E-state index contributed by atoms with van der Waals surface area (Å²) >= 11 is 0. The number of hydrogen-bond donors (Lipinski definition) is 1. The van der Waals surface area contributed by atoms with Crippen LogP contribution in [0, 0.1) is 25.7 Å². The van der Waals surface area contributed by atoms with Gasteiger partial charge < -0.3 is 24.4 Å². The highest BCUT2D eigenvalue weighted by Gasteiger charge is 2.79. The highest BCUT2D eigenvalue weighted by Crippen LogP contribution is 2.64. The quantitative estimate of drug-likeness (QED) is 0.233. The Morgan fingerprint density at radius 3 is 2.67 bits per heavy atom. The van der Waals surface area contributed by atoms with Crippen molar-refractivity contribution < 1.29 is 29.0 Å². The molecule has 2 amide bonds. The standard InChI is InChI=1S/C31H42N2O6/c1-6-9-19-38-29(37)25-24-27(35)33(17-10-11-18-34)26(31(24)15-14-30(25,8-3)39-31)28(36)32(16-7-2)23-20-21(4)12-13-22(23)5/h6-7,12-13,20,24-26,34H,1-2,8-11,14-19H2,3-5H3/t24-,25-,26?,30+,31?/m0/s1. The van der Waals surface area contributed by atoms with Gasteiger partial charge in [-0.25, -0.2) is 0 Å². The van der Waals surface area contributed by atoms with Gasteiger partial charge in [-0.2, -0.15) is 0 Å². The fourth-order valence-corrected chi connectivity index (χ4v) is 6.92. The van der Waals surface area contributed by atoms with E-state index in [1.165, 1.54) is 0 Å². The van der Waals surface area contributed by atoms with Crippen molar-refractivity contribution in [2.75, 3.05) is 31.2 Å². The van der Waals surface area contributed by atoms with Crippen LogP contribution in [0.25, 0.3) is 0 Å². The first-order chi connectivity index (χ1) is 18.7. The Kier molecular flexibility index (Phi) is 8.66. The average molecular weight is 539 g/mol. The number of amides is 2. The van der Waals surface area contributed by atoms with Crippen molar-refractivity contribution in [1.29, 1.82) is 0 Å². The minimum Gasteiger partial charge on any atom is -0.465 e. The summed E-state index contributed by atoms with van der Waals surface area (Å²) in [6.07, 6.45) is 6.55. The summed E-state index contributed by atoms with van der Waals surface area (Å²) in [4.78, 5) is 45.6. The van der Waals surface area contributed by atoms with Gasteiger partial charge in [0, 0.05) is 25.4 Å². The van der Waals surface area contributed by atoms with Gasteiger partial charge in [0.05, 0.1) is 18.1 Å². The first-order valence-electron chi connectivity index (χ1n) is 14.1. The summed E-state index contributed by atoms with van der Waals surface area (Å²) in [5, 5.41) is 9.41. The molecule has 0 aromatic heterocycles.